The van der Waals surface area contributed by atoms with Crippen molar-refractivity contribution in [2.45, 2.75) is 12.3 Å². The number of rotatable bonds is 2. The van der Waals surface area contributed by atoms with Gasteiger partial charge in [-0.15, -0.1) is 0 Å². The predicted octanol–water partition coefficient (Wildman–Crippen LogP) is 0.335. The molecule has 2 rings (SSSR count). The van der Waals surface area contributed by atoms with Crippen LogP contribution in [0.2, 0.25) is 0 Å². The van der Waals surface area contributed by atoms with Crippen molar-refractivity contribution in [3.05, 3.63) is 24.3 Å². The van der Waals surface area contributed by atoms with Gasteiger partial charge in [0.1, 0.15) is 12.9 Å². The lowest BCUT2D eigenvalue weighted by molar-refractivity contribution is 0.103. The summed E-state index contributed by atoms with van der Waals surface area (Å²) >= 11 is 0. The molecule has 1 aromatic carbocycles. The number of benzene rings is 1. The van der Waals surface area contributed by atoms with Gasteiger partial charge in [-0.1, -0.05) is 0 Å². The second-order valence-electron chi connectivity index (χ2n) is 4.03. The van der Waals surface area contributed by atoms with Crippen LogP contribution in [0.25, 0.3) is 0 Å². The molecule has 2 atom stereocenters. The van der Waals surface area contributed by atoms with Crippen LogP contribution in [-0.4, -0.2) is 37.1 Å². The molecule has 0 bridgehead atoms. The van der Waals surface area contributed by atoms with Gasteiger partial charge in [-0.25, -0.2) is 4.39 Å². The van der Waals surface area contributed by atoms with E-state index in [0.717, 1.165) is 5.69 Å². The molecule has 16 heavy (non-hydrogen) atoms. The fourth-order valence-corrected chi connectivity index (χ4v) is 1.92. The number of anilines is 2. The number of aliphatic hydroxyl groups excluding tert-OH is 1. The summed E-state index contributed by atoms with van der Waals surface area (Å²) in [6.07, 6.45) is -0.688. The molecular weight excluding hydrogens is 209 g/mol. The number of aliphatic hydroxyl groups is 1. The average molecular weight is 225 g/mol. The summed E-state index contributed by atoms with van der Waals surface area (Å²) in [5.74, 6) is 0. The van der Waals surface area contributed by atoms with Crippen molar-refractivity contribution < 1.29 is 9.50 Å². The van der Waals surface area contributed by atoms with Crippen molar-refractivity contribution in [3.63, 3.8) is 0 Å². The van der Waals surface area contributed by atoms with E-state index in [9.17, 15) is 9.50 Å². The quantitative estimate of drug-likeness (QED) is 0.635. The molecule has 0 amide bonds. The zero-order valence-corrected chi connectivity index (χ0v) is 8.94. The maximum atomic E-state index is 12.6. The minimum atomic E-state index is -0.688. The minimum absolute atomic E-state index is 0.318. The van der Waals surface area contributed by atoms with Gasteiger partial charge >= 0.3 is 0 Å². The number of nitrogens with zero attached hydrogens (tertiary/aromatic N) is 1. The van der Waals surface area contributed by atoms with Crippen molar-refractivity contribution >= 4 is 11.4 Å². The first-order valence-electron chi connectivity index (χ1n) is 5.29. The van der Waals surface area contributed by atoms with Crippen molar-refractivity contribution in [3.8, 4) is 0 Å². The fraction of sp³-hybridized carbons (Fsp3) is 0.455. The van der Waals surface area contributed by atoms with Gasteiger partial charge < -0.3 is 15.7 Å². The summed E-state index contributed by atoms with van der Waals surface area (Å²) in [5, 5.41) is 12.3. The largest absolute Gasteiger partial charge is 0.399 e. The van der Waals surface area contributed by atoms with Crippen LogP contribution in [0.15, 0.2) is 24.3 Å². The molecule has 0 spiro atoms. The molecule has 0 aromatic heterocycles. The standard InChI is InChI=1S/C11H16FN3O/c12-5-9-6-15(7-11(16)14-9)10-3-1-8(13)2-4-10/h1-4,9,11,14,16H,5-7,13H2. The number of halogens is 1. The first-order valence-corrected chi connectivity index (χ1v) is 5.29. The molecular formula is C11H16FN3O. The van der Waals surface area contributed by atoms with E-state index in [4.69, 9.17) is 5.73 Å². The molecule has 2 unspecified atom stereocenters. The summed E-state index contributed by atoms with van der Waals surface area (Å²) in [7, 11) is 0. The highest BCUT2D eigenvalue weighted by atomic mass is 19.1. The van der Waals surface area contributed by atoms with E-state index < -0.39 is 12.9 Å². The highest BCUT2D eigenvalue weighted by Crippen LogP contribution is 2.18. The van der Waals surface area contributed by atoms with E-state index in [0.29, 0.717) is 18.8 Å². The number of nitrogen functional groups attached to an aromatic ring is 1. The fourth-order valence-electron chi connectivity index (χ4n) is 1.92. The van der Waals surface area contributed by atoms with Gasteiger partial charge in [-0.2, -0.15) is 0 Å². The van der Waals surface area contributed by atoms with Gasteiger partial charge in [-0.05, 0) is 24.3 Å². The van der Waals surface area contributed by atoms with E-state index in [1.807, 2.05) is 17.0 Å². The van der Waals surface area contributed by atoms with Gasteiger partial charge in [-0.3, -0.25) is 5.32 Å². The third kappa shape index (κ3) is 2.43. The summed E-state index contributed by atoms with van der Waals surface area (Å²) < 4.78 is 12.6. The number of piperazine rings is 1. The van der Waals surface area contributed by atoms with Crippen LogP contribution in [0.3, 0.4) is 0 Å². The molecule has 1 aromatic rings. The molecule has 1 aliphatic heterocycles. The Bertz CT molecular complexity index is 344. The van der Waals surface area contributed by atoms with Crippen LogP contribution >= 0.6 is 0 Å². The first kappa shape index (κ1) is 11.2. The summed E-state index contributed by atoms with van der Waals surface area (Å²) in [6.45, 7) is 0.528. The lowest BCUT2D eigenvalue weighted by atomic mass is 10.2. The smallest absolute Gasteiger partial charge is 0.122 e. The highest BCUT2D eigenvalue weighted by Gasteiger charge is 2.24. The van der Waals surface area contributed by atoms with Crippen LogP contribution in [0.4, 0.5) is 15.8 Å². The van der Waals surface area contributed by atoms with Crippen LogP contribution in [0.1, 0.15) is 0 Å². The minimum Gasteiger partial charge on any atom is -0.399 e. The Labute approximate surface area is 93.9 Å². The third-order valence-corrected chi connectivity index (χ3v) is 2.71. The Hall–Kier alpha value is -1.33. The zero-order chi connectivity index (χ0) is 11.5. The Kier molecular flexibility index (Phi) is 3.26. The lowest BCUT2D eigenvalue weighted by Gasteiger charge is -2.37. The van der Waals surface area contributed by atoms with Gasteiger partial charge in [0.15, 0.2) is 0 Å². The van der Waals surface area contributed by atoms with E-state index >= 15 is 0 Å². The lowest BCUT2D eigenvalue weighted by Crippen LogP contribution is -2.57. The number of hydrogen-bond acceptors (Lipinski definition) is 4. The summed E-state index contributed by atoms with van der Waals surface area (Å²) in [5.41, 5.74) is 7.24. The van der Waals surface area contributed by atoms with Gasteiger partial charge in [0.05, 0.1) is 12.6 Å². The Morgan fingerprint density at radius 3 is 2.69 bits per heavy atom. The van der Waals surface area contributed by atoms with Crippen molar-refractivity contribution in [2.75, 3.05) is 30.4 Å². The van der Waals surface area contributed by atoms with Crippen molar-refractivity contribution in [1.82, 2.24) is 5.32 Å². The molecule has 1 heterocycles. The number of alkyl halides is 1. The third-order valence-electron chi connectivity index (χ3n) is 2.71. The molecule has 0 radical (unpaired) electrons. The molecule has 1 aliphatic rings. The maximum absolute atomic E-state index is 12.6. The molecule has 1 saturated heterocycles. The molecule has 4 nitrogen and oxygen atoms in total. The van der Waals surface area contributed by atoms with Crippen LogP contribution in [0, 0.1) is 0 Å². The number of nitrogens with one attached hydrogen (secondary N) is 1. The highest BCUT2D eigenvalue weighted by molar-refractivity contribution is 5.53. The SMILES string of the molecule is Nc1ccc(N2CC(O)NC(CF)C2)cc1. The average Bonchev–Trinajstić information content (AvgIpc) is 2.29. The molecule has 0 aliphatic carbocycles. The number of nitrogens with two attached hydrogens (primary N) is 1. The van der Waals surface area contributed by atoms with Crippen LogP contribution in [-0.2, 0) is 0 Å². The Morgan fingerprint density at radius 1 is 1.38 bits per heavy atom. The zero-order valence-electron chi connectivity index (χ0n) is 8.94. The van der Waals surface area contributed by atoms with Crippen molar-refractivity contribution in [2.24, 2.45) is 0 Å². The second kappa shape index (κ2) is 4.67. The van der Waals surface area contributed by atoms with E-state index in [-0.39, 0.29) is 6.04 Å². The second-order valence-corrected chi connectivity index (χ2v) is 4.03. The molecule has 5 heteroatoms. The van der Waals surface area contributed by atoms with E-state index in [1.165, 1.54) is 0 Å². The Morgan fingerprint density at radius 2 is 2.06 bits per heavy atom. The summed E-state index contributed by atoms with van der Waals surface area (Å²) in [6, 6.07) is 7.04. The van der Waals surface area contributed by atoms with Gasteiger partial charge in [0.2, 0.25) is 0 Å². The number of hydrogen-bond donors (Lipinski definition) is 3. The monoisotopic (exact) mass is 225 g/mol. The first-order chi connectivity index (χ1) is 7.69. The van der Waals surface area contributed by atoms with Crippen molar-refractivity contribution in [1.29, 1.82) is 0 Å². The molecule has 88 valence electrons. The molecule has 4 N–H and O–H groups in total. The van der Waals surface area contributed by atoms with E-state index in [1.54, 1.807) is 12.1 Å². The topological polar surface area (TPSA) is 61.5 Å². The van der Waals surface area contributed by atoms with Gasteiger partial charge in [0, 0.05) is 17.9 Å². The van der Waals surface area contributed by atoms with E-state index in [2.05, 4.69) is 5.32 Å². The maximum Gasteiger partial charge on any atom is 0.122 e. The van der Waals surface area contributed by atoms with Gasteiger partial charge in [0.25, 0.3) is 0 Å². The predicted molar refractivity (Wildman–Crippen MR) is 62.0 cm³/mol. The normalized spacial score (nSPS) is 25.8. The Balaban J connectivity index is 2.11. The van der Waals surface area contributed by atoms with Crippen LogP contribution in [0.5, 0.6) is 0 Å². The summed E-state index contributed by atoms with van der Waals surface area (Å²) in [4.78, 5) is 1.95. The number of β-amino-alcohol motifs (C(OH)–C–C–N with tert-alkyl or cyclic N) is 1. The van der Waals surface area contributed by atoms with Crippen LogP contribution < -0.4 is 16.0 Å². The molecule has 0 saturated carbocycles. The molecule has 1 fully saturated rings.